The normalized spacial score (nSPS) is 20.1. The molecule has 1 unspecified atom stereocenters. The first-order valence-corrected chi connectivity index (χ1v) is 8.97. The lowest BCUT2D eigenvalue weighted by molar-refractivity contribution is -0.128. The maximum Gasteiger partial charge on any atom is 0.237 e. The van der Waals surface area contributed by atoms with Gasteiger partial charge in [0.15, 0.2) is 0 Å². The maximum absolute atomic E-state index is 11.7. The molecule has 0 bridgehead atoms. The summed E-state index contributed by atoms with van der Waals surface area (Å²) in [5.74, 6) is -0.215. The SMILES string of the molecule is O=C1CC(S(=O)(=O)Cl)CN1Cc1ccc(Br)c(Cl)c1. The lowest BCUT2D eigenvalue weighted by atomic mass is 10.2. The van der Waals surface area contributed by atoms with Crippen molar-refractivity contribution in [1.29, 1.82) is 0 Å². The molecule has 0 aliphatic carbocycles. The molecule has 19 heavy (non-hydrogen) atoms. The third-order valence-electron chi connectivity index (χ3n) is 2.93. The van der Waals surface area contributed by atoms with E-state index in [0.717, 1.165) is 10.0 Å². The molecule has 0 N–H and O–H groups in total. The first-order valence-electron chi connectivity index (χ1n) is 5.42. The number of hydrogen-bond donors (Lipinski definition) is 0. The van der Waals surface area contributed by atoms with Crippen LogP contribution in [0.5, 0.6) is 0 Å². The van der Waals surface area contributed by atoms with Crippen LogP contribution in [-0.2, 0) is 20.4 Å². The Morgan fingerprint density at radius 1 is 1.42 bits per heavy atom. The molecule has 1 fully saturated rings. The summed E-state index contributed by atoms with van der Waals surface area (Å²) in [6, 6.07) is 5.35. The van der Waals surface area contributed by atoms with E-state index in [1.165, 1.54) is 4.90 Å². The van der Waals surface area contributed by atoms with Gasteiger partial charge < -0.3 is 4.90 Å². The van der Waals surface area contributed by atoms with Gasteiger partial charge in [0, 0.05) is 34.7 Å². The predicted molar refractivity (Wildman–Crippen MR) is 77.7 cm³/mol. The third kappa shape index (κ3) is 3.62. The minimum Gasteiger partial charge on any atom is -0.337 e. The molecule has 1 heterocycles. The van der Waals surface area contributed by atoms with E-state index in [9.17, 15) is 13.2 Å². The van der Waals surface area contributed by atoms with Crippen LogP contribution in [0.15, 0.2) is 22.7 Å². The third-order valence-corrected chi connectivity index (χ3v) is 6.04. The average Bonchev–Trinajstić information content (AvgIpc) is 2.65. The largest absolute Gasteiger partial charge is 0.337 e. The maximum atomic E-state index is 11.7. The summed E-state index contributed by atoms with van der Waals surface area (Å²) in [5, 5.41) is -0.279. The molecule has 104 valence electrons. The summed E-state index contributed by atoms with van der Waals surface area (Å²) in [5.41, 5.74) is 0.842. The van der Waals surface area contributed by atoms with Gasteiger partial charge in [0.1, 0.15) is 5.25 Å². The van der Waals surface area contributed by atoms with E-state index < -0.39 is 14.3 Å². The Bertz CT molecular complexity index is 620. The van der Waals surface area contributed by atoms with Crippen LogP contribution >= 0.6 is 38.2 Å². The summed E-state index contributed by atoms with van der Waals surface area (Å²) in [6.45, 7) is 0.451. The van der Waals surface area contributed by atoms with Crippen molar-refractivity contribution in [3.63, 3.8) is 0 Å². The molecule has 1 aliphatic heterocycles. The van der Waals surface area contributed by atoms with Crippen molar-refractivity contribution < 1.29 is 13.2 Å². The molecule has 1 aliphatic rings. The fourth-order valence-electron chi connectivity index (χ4n) is 1.94. The molecular formula is C11H10BrCl2NO3S. The van der Waals surface area contributed by atoms with Gasteiger partial charge in [-0.2, -0.15) is 0 Å². The Morgan fingerprint density at radius 2 is 2.11 bits per heavy atom. The monoisotopic (exact) mass is 385 g/mol. The van der Waals surface area contributed by atoms with Crippen molar-refractivity contribution in [2.75, 3.05) is 6.54 Å². The summed E-state index contributed by atoms with van der Waals surface area (Å²) >= 11 is 9.25. The van der Waals surface area contributed by atoms with E-state index in [2.05, 4.69) is 15.9 Å². The van der Waals surface area contributed by atoms with Gasteiger partial charge in [0.05, 0.1) is 5.02 Å². The molecule has 1 aromatic carbocycles. The van der Waals surface area contributed by atoms with Gasteiger partial charge >= 0.3 is 0 Å². The fraction of sp³-hybridized carbons (Fsp3) is 0.364. The van der Waals surface area contributed by atoms with Crippen LogP contribution in [0.25, 0.3) is 0 Å². The molecule has 8 heteroatoms. The van der Waals surface area contributed by atoms with Crippen LogP contribution in [0.3, 0.4) is 0 Å². The molecular weight excluding hydrogens is 377 g/mol. The van der Waals surface area contributed by atoms with Gasteiger partial charge in [0.2, 0.25) is 15.0 Å². The van der Waals surface area contributed by atoms with Crippen molar-refractivity contribution in [1.82, 2.24) is 4.90 Å². The molecule has 0 radical (unpaired) electrons. The second-order valence-corrected chi connectivity index (χ2v) is 8.49. The highest BCUT2D eigenvalue weighted by atomic mass is 79.9. The quantitative estimate of drug-likeness (QED) is 0.750. The second-order valence-electron chi connectivity index (χ2n) is 4.32. The Morgan fingerprint density at radius 3 is 2.63 bits per heavy atom. The zero-order chi connectivity index (χ0) is 14.2. The smallest absolute Gasteiger partial charge is 0.237 e. The van der Waals surface area contributed by atoms with Crippen LogP contribution in [0.4, 0.5) is 0 Å². The van der Waals surface area contributed by atoms with Crippen LogP contribution < -0.4 is 0 Å². The number of halogens is 3. The fourth-order valence-corrected chi connectivity index (χ4v) is 3.44. The number of likely N-dealkylation sites (tertiary alicyclic amines) is 1. The summed E-state index contributed by atoms with van der Waals surface area (Å²) in [6.07, 6.45) is -0.0594. The molecule has 0 spiro atoms. The number of carbonyl (C=O) groups excluding carboxylic acids is 1. The van der Waals surface area contributed by atoms with E-state index in [0.29, 0.717) is 11.6 Å². The zero-order valence-electron chi connectivity index (χ0n) is 9.64. The molecule has 0 saturated carbocycles. The van der Waals surface area contributed by atoms with Gasteiger partial charge in [-0.15, -0.1) is 0 Å². The standard InChI is InChI=1S/C11H10BrCl2NO3S/c12-9-2-1-7(3-10(9)13)5-15-6-8(4-11(15)16)19(14,17)18/h1-3,8H,4-6H2. The van der Waals surface area contributed by atoms with Crippen LogP contribution in [0.1, 0.15) is 12.0 Å². The van der Waals surface area contributed by atoms with Gasteiger partial charge in [-0.05, 0) is 33.6 Å². The number of hydrogen-bond acceptors (Lipinski definition) is 3. The Balaban J connectivity index is 2.12. The molecule has 0 aromatic heterocycles. The molecule has 1 aromatic rings. The highest BCUT2D eigenvalue weighted by Crippen LogP contribution is 2.26. The van der Waals surface area contributed by atoms with Gasteiger partial charge in [-0.3, -0.25) is 4.79 Å². The van der Waals surface area contributed by atoms with Gasteiger partial charge in [-0.25, -0.2) is 8.42 Å². The lowest BCUT2D eigenvalue weighted by Crippen LogP contribution is -2.26. The van der Waals surface area contributed by atoms with Crippen molar-refractivity contribution >= 4 is 53.2 Å². The summed E-state index contributed by atoms with van der Waals surface area (Å²) in [7, 11) is 1.59. The van der Waals surface area contributed by atoms with E-state index >= 15 is 0 Å². The number of carbonyl (C=O) groups is 1. The van der Waals surface area contributed by atoms with E-state index in [4.69, 9.17) is 22.3 Å². The highest BCUT2D eigenvalue weighted by Gasteiger charge is 2.37. The average molecular weight is 387 g/mol. The van der Waals surface area contributed by atoms with E-state index in [-0.39, 0.29) is 18.9 Å². The van der Waals surface area contributed by atoms with Crippen LogP contribution in [0, 0.1) is 0 Å². The molecule has 1 amide bonds. The zero-order valence-corrected chi connectivity index (χ0v) is 13.6. The Kier molecular flexibility index (Phi) is 4.45. The van der Waals surface area contributed by atoms with Crippen molar-refractivity contribution in [3.05, 3.63) is 33.3 Å². The minimum absolute atomic E-state index is 0.0594. The topological polar surface area (TPSA) is 54.5 Å². The Hall–Kier alpha value is -0.300. The van der Waals surface area contributed by atoms with Crippen molar-refractivity contribution in [2.45, 2.75) is 18.2 Å². The molecule has 1 saturated heterocycles. The number of benzene rings is 1. The molecule has 1 atom stereocenters. The molecule has 2 rings (SSSR count). The van der Waals surface area contributed by atoms with Gasteiger partial charge in [-0.1, -0.05) is 17.7 Å². The van der Waals surface area contributed by atoms with Gasteiger partial charge in [0.25, 0.3) is 0 Å². The van der Waals surface area contributed by atoms with Crippen molar-refractivity contribution in [2.24, 2.45) is 0 Å². The lowest BCUT2D eigenvalue weighted by Gasteiger charge is -2.16. The van der Waals surface area contributed by atoms with Crippen LogP contribution in [0.2, 0.25) is 5.02 Å². The number of rotatable bonds is 3. The van der Waals surface area contributed by atoms with E-state index in [1.807, 2.05) is 6.07 Å². The Labute approximate surface area is 129 Å². The second kappa shape index (κ2) is 5.60. The number of amides is 1. The first kappa shape index (κ1) is 15.1. The number of nitrogens with zero attached hydrogens (tertiary/aromatic N) is 1. The summed E-state index contributed by atoms with van der Waals surface area (Å²) in [4.78, 5) is 13.2. The first-order chi connectivity index (χ1) is 8.77. The van der Waals surface area contributed by atoms with Crippen LogP contribution in [-0.4, -0.2) is 31.0 Å². The predicted octanol–water partition coefficient (Wildman–Crippen LogP) is 2.77. The minimum atomic E-state index is -3.70. The molecule has 4 nitrogen and oxygen atoms in total. The highest BCUT2D eigenvalue weighted by molar-refractivity contribution is 9.10. The van der Waals surface area contributed by atoms with Crippen molar-refractivity contribution in [3.8, 4) is 0 Å². The summed E-state index contributed by atoms with van der Waals surface area (Å²) < 4.78 is 23.2. The van der Waals surface area contributed by atoms with E-state index in [1.54, 1.807) is 12.1 Å².